The fraction of sp³-hybridized carbons (Fsp3) is 0.857. The summed E-state index contributed by atoms with van der Waals surface area (Å²) in [6.45, 7) is 2.11. The van der Waals surface area contributed by atoms with Crippen molar-refractivity contribution in [2.45, 2.75) is 69.9 Å². The summed E-state index contributed by atoms with van der Waals surface area (Å²) in [7, 11) is 0. The molecule has 0 bridgehead atoms. The van der Waals surface area contributed by atoms with E-state index in [0.29, 0.717) is 12.8 Å². The Morgan fingerprint density at radius 1 is 1.21 bits per heavy atom. The van der Waals surface area contributed by atoms with Crippen molar-refractivity contribution >= 4 is 12.0 Å². The van der Waals surface area contributed by atoms with E-state index in [2.05, 4.69) is 17.6 Å². The molecule has 2 amide bonds. The summed E-state index contributed by atoms with van der Waals surface area (Å²) in [6, 6.07) is 0.0462. The average Bonchev–Trinajstić information content (AvgIpc) is 2.34. The number of hydrogen-bond donors (Lipinski definition) is 3. The van der Waals surface area contributed by atoms with E-state index < -0.39 is 5.97 Å². The number of hydrogen-bond acceptors (Lipinski definition) is 2. The average molecular weight is 268 g/mol. The Balaban J connectivity index is 1.73. The van der Waals surface area contributed by atoms with Crippen LogP contribution < -0.4 is 10.6 Å². The molecule has 2 aliphatic rings. The van der Waals surface area contributed by atoms with Gasteiger partial charge in [-0.25, -0.2) is 4.79 Å². The third-order valence-corrected chi connectivity index (χ3v) is 4.78. The lowest BCUT2D eigenvalue weighted by atomic mass is 9.75. The zero-order valence-corrected chi connectivity index (χ0v) is 11.6. The van der Waals surface area contributed by atoms with Crippen molar-refractivity contribution in [1.82, 2.24) is 10.6 Å². The predicted octanol–water partition coefficient (Wildman–Crippen LogP) is 2.26. The van der Waals surface area contributed by atoms with E-state index in [-0.39, 0.29) is 23.5 Å². The molecule has 0 spiro atoms. The van der Waals surface area contributed by atoms with Crippen LogP contribution in [-0.4, -0.2) is 28.7 Å². The molecule has 2 rings (SSSR count). The number of urea groups is 1. The van der Waals surface area contributed by atoms with Crippen LogP contribution in [-0.2, 0) is 4.79 Å². The van der Waals surface area contributed by atoms with Crippen LogP contribution in [0.15, 0.2) is 0 Å². The number of aliphatic carboxylic acids is 1. The molecule has 0 atom stereocenters. The van der Waals surface area contributed by atoms with Crippen molar-refractivity contribution in [2.24, 2.45) is 5.92 Å². The van der Waals surface area contributed by atoms with Gasteiger partial charge in [0, 0.05) is 11.6 Å². The molecular formula is C14H24N2O3. The monoisotopic (exact) mass is 268 g/mol. The molecule has 2 aliphatic carbocycles. The summed E-state index contributed by atoms with van der Waals surface area (Å²) in [4.78, 5) is 22.8. The number of amides is 2. The highest BCUT2D eigenvalue weighted by Gasteiger charge is 2.37. The van der Waals surface area contributed by atoms with Gasteiger partial charge in [0.2, 0.25) is 0 Å². The Hall–Kier alpha value is -1.26. The van der Waals surface area contributed by atoms with Crippen LogP contribution in [0.5, 0.6) is 0 Å². The molecule has 0 heterocycles. The lowest BCUT2D eigenvalue weighted by Gasteiger charge is -2.42. The molecule has 19 heavy (non-hydrogen) atoms. The van der Waals surface area contributed by atoms with Gasteiger partial charge in [0.15, 0.2) is 0 Å². The normalized spacial score (nSPS) is 29.1. The first-order chi connectivity index (χ1) is 9.04. The van der Waals surface area contributed by atoms with Crippen LogP contribution >= 0.6 is 0 Å². The van der Waals surface area contributed by atoms with Crippen LogP contribution in [0.4, 0.5) is 4.79 Å². The van der Waals surface area contributed by atoms with E-state index in [9.17, 15) is 9.59 Å². The van der Waals surface area contributed by atoms with Gasteiger partial charge in [-0.15, -0.1) is 0 Å². The Morgan fingerprint density at radius 3 is 2.26 bits per heavy atom. The van der Waals surface area contributed by atoms with Gasteiger partial charge in [-0.05, 0) is 51.4 Å². The molecule has 0 aromatic heterocycles. The standard InChI is InChI=1S/C14H24N2O3/c1-2-14(8-3-9-14)16-13(19)15-11-6-4-10(5-7-11)12(17)18/h10-11H,2-9H2,1H3,(H,17,18)(H2,15,16,19). The lowest BCUT2D eigenvalue weighted by Crippen LogP contribution is -2.57. The second-order valence-electron chi connectivity index (χ2n) is 5.97. The SMILES string of the molecule is CCC1(NC(=O)NC2CCC(C(=O)O)CC2)CCC1. The largest absolute Gasteiger partial charge is 0.481 e. The quantitative estimate of drug-likeness (QED) is 0.731. The molecule has 0 aromatic carbocycles. The smallest absolute Gasteiger partial charge is 0.315 e. The van der Waals surface area contributed by atoms with Crippen LogP contribution in [0.25, 0.3) is 0 Å². The van der Waals surface area contributed by atoms with E-state index >= 15 is 0 Å². The van der Waals surface area contributed by atoms with Crippen molar-refractivity contribution in [3.8, 4) is 0 Å². The van der Waals surface area contributed by atoms with Gasteiger partial charge in [-0.1, -0.05) is 6.92 Å². The van der Waals surface area contributed by atoms with E-state index in [1.165, 1.54) is 6.42 Å². The van der Waals surface area contributed by atoms with Gasteiger partial charge in [-0.3, -0.25) is 4.79 Å². The van der Waals surface area contributed by atoms with E-state index in [4.69, 9.17) is 5.11 Å². The highest BCUT2D eigenvalue weighted by molar-refractivity contribution is 5.75. The molecule has 3 N–H and O–H groups in total. The summed E-state index contributed by atoms with van der Waals surface area (Å²) in [6.07, 6.45) is 7.18. The zero-order valence-electron chi connectivity index (χ0n) is 11.6. The van der Waals surface area contributed by atoms with E-state index in [1.54, 1.807) is 0 Å². The van der Waals surface area contributed by atoms with Crippen LogP contribution in [0.3, 0.4) is 0 Å². The Morgan fingerprint density at radius 2 is 1.84 bits per heavy atom. The first kappa shape index (κ1) is 14.2. The van der Waals surface area contributed by atoms with E-state index in [0.717, 1.165) is 32.1 Å². The number of rotatable bonds is 4. The molecule has 5 nitrogen and oxygen atoms in total. The Bertz CT molecular complexity index is 339. The number of carbonyl (C=O) groups excluding carboxylic acids is 1. The number of carboxylic acid groups (broad SMARTS) is 1. The summed E-state index contributed by atoms with van der Waals surface area (Å²) in [5, 5.41) is 15.0. The fourth-order valence-electron chi connectivity index (χ4n) is 3.12. The zero-order chi connectivity index (χ0) is 13.9. The molecule has 0 aromatic rings. The molecule has 0 unspecified atom stereocenters. The van der Waals surface area contributed by atoms with Crippen LogP contribution in [0.1, 0.15) is 58.3 Å². The van der Waals surface area contributed by atoms with E-state index in [1.807, 2.05) is 0 Å². The van der Waals surface area contributed by atoms with Crippen LogP contribution in [0, 0.1) is 5.92 Å². The third-order valence-electron chi connectivity index (χ3n) is 4.78. The molecule has 0 saturated heterocycles. The summed E-state index contributed by atoms with van der Waals surface area (Å²) >= 11 is 0. The Kier molecular flexibility index (Phi) is 4.32. The lowest BCUT2D eigenvalue weighted by molar-refractivity contribution is -0.142. The molecule has 5 heteroatoms. The molecule has 0 radical (unpaired) electrons. The predicted molar refractivity (Wildman–Crippen MR) is 71.9 cm³/mol. The van der Waals surface area contributed by atoms with Gasteiger partial charge in [0.05, 0.1) is 5.92 Å². The van der Waals surface area contributed by atoms with Gasteiger partial charge in [0.1, 0.15) is 0 Å². The highest BCUT2D eigenvalue weighted by Crippen LogP contribution is 2.34. The van der Waals surface area contributed by atoms with Gasteiger partial charge < -0.3 is 15.7 Å². The topological polar surface area (TPSA) is 78.4 Å². The summed E-state index contributed by atoms with van der Waals surface area (Å²) in [5.41, 5.74) is 0.0162. The van der Waals surface area contributed by atoms with Crippen molar-refractivity contribution in [1.29, 1.82) is 0 Å². The van der Waals surface area contributed by atoms with Gasteiger partial charge in [0.25, 0.3) is 0 Å². The number of nitrogens with one attached hydrogen (secondary N) is 2. The molecule has 2 fully saturated rings. The Labute approximate surface area is 114 Å². The number of carbonyl (C=O) groups is 2. The van der Waals surface area contributed by atoms with Gasteiger partial charge in [-0.2, -0.15) is 0 Å². The first-order valence-electron chi connectivity index (χ1n) is 7.36. The van der Waals surface area contributed by atoms with Crippen molar-refractivity contribution in [3.05, 3.63) is 0 Å². The fourth-order valence-corrected chi connectivity index (χ4v) is 3.12. The third kappa shape index (κ3) is 3.39. The van der Waals surface area contributed by atoms with Crippen LogP contribution in [0.2, 0.25) is 0 Å². The maximum Gasteiger partial charge on any atom is 0.315 e. The minimum Gasteiger partial charge on any atom is -0.481 e. The van der Waals surface area contributed by atoms with Crippen molar-refractivity contribution in [2.75, 3.05) is 0 Å². The molecule has 108 valence electrons. The minimum atomic E-state index is -0.706. The second-order valence-corrected chi connectivity index (χ2v) is 5.97. The second kappa shape index (κ2) is 5.80. The number of carboxylic acids is 1. The highest BCUT2D eigenvalue weighted by atomic mass is 16.4. The van der Waals surface area contributed by atoms with Crippen molar-refractivity contribution < 1.29 is 14.7 Å². The molecule has 0 aliphatic heterocycles. The van der Waals surface area contributed by atoms with Crippen molar-refractivity contribution in [3.63, 3.8) is 0 Å². The summed E-state index contributed by atoms with van der Waals surface area (Å²) in [5.74, 6) is -0.933. The maximum atomic E-state index is 12.0. The minimum absolute atomic E-state index is 0.0162. The molecular weight excluding hydrogens is 244 g/mol. The summed E-state index contributed by atoms with van der Waals surface area (Å²) < 4.78 is 0. The maximum absolute atomic E-state index is 12.0. The first-order valence-corrected chi connectivity index (χ1v) is 7.36. The van der Waals surface area contributed by atoms with Gasteiger partial charge >= 0.3 is 12.0 Å². The molecule has 2 saturated carbocycles.